The summed E-state index contributed by atoms with van der Waals surface area (Å²) in [5, 5.41) is 0. The molecule has 0 aliphatic heterocycles. The maximum atomic E-state index is 6.46. The number of pyridine rings is 1. The molecular formula is C18H30N2O. The zero-order valence-electron chi connectivity index (χ0n) is 14.1. The van der Waals surface area contributed by atoms with Gasteiger partial charge in [0.25, 0.3) is 0 Å². The fourth-order valence-corrected chi connectivity index (χ4v) is 3.64. The van der Waals surface area contributed by atoms with Crippen molar-refractivity contribution in [1.82, 2.24) is 4.98 Å². The Morgan fingerprint density at radius 3 is 2.62 bits per heavy atom. The van der Waals surface area contributed by atoms with E-state index in [2.05, 4.69) is 31.8 Å². The minimum atomic E-state index is 0.0307. The Bertz CT molecular complexity index is 470. The summed E-state index contributed by atoms with van der Waals surface area (Å²) in [6.07, 6.45) is 7.54. The highest BCUT2D eigenvalue weighted by Crippen LogP contribution is 2.42. The second-order valence-electron chi connectivity index (χ2n) is 7.49. The van der Waals surface area contributed by atoms with Crippen LogP contribution in [0.5, 0.6) is 5.75 Å². The summed E-state index contributed by atoms with van der Waals surface area (Å²) in [4.78, 5) is 4.37. The lowest BCUT2D eigenvalue weighted by atomic mass is 9.64. The fourth-order valence-electron chi connectivity index (χ4n) is 3.64. The summed E-state index contributed by atoms with van der Waals surface area (Å²) in [5.41, 5.74) is 7.72. The smallest absolute Gasteiger partial charge is 0.138 e. The average molecular weight is 290 g/mol. The summed E-state index contributed by atoms with van der Waals surface area (Å²) in [7, 11) is 0. The molecule has 3 nitrogen and oxygen atoms in total. The van der Waals surface area contributed by atoms with Crippen LogP contribution >= 0.6 is 0 Å². The summed E-state index contributed by atoms with van der Waals surface area (Å²) in [5.74, 6) is 2.11. The highest BCUT2D eigenvalue weighted by Gasteiger charge is 2.38. The number of nitrogens with zero attached hydrogens (tertiary/aromatic N) is 1. The Hall–Kier alpha value is -1.09. The minimum absolute atomic E-state index is 0.0307. The van der Waals surface area contributed by atoms with Crippen LogP contribution in [-0.2, 0) is 5.41 Å². The van der Waals surface area contributed by atoms with Gasteiger partial charge in [-0.2, -0.15) is 0 Å². The first kappa shape index (κ1) is 16.3. The van der Waals surface area contributed by atoms with Gasteiger partial charge in [0, 0.05) is 12.2 Å². The Morgan fingerprint density at radius 2 is 2.00 bits per heavy atom. The van der Waals surface area contributed by atoms with Crippen LogP contribution in [0.25, 0.3) is 0 Å². The van der Waals surface area contributed by atoms with E-state index in [0.717, 1.165) is 18.1 Å². The lowest BCUT2D eigenvalue weighted by Crippen LogP contribution is -2.45. The van der Waals surface area contributed by atoms with E-state index in [1.165, 1.54) is 18.4 Å². The Balaban J connectivity index is 2.22. The zero-order valence-corrected chi connectivity index (χ0v) is 14.1. The number of nitrogens with two attached hydrogens (primary N) is 1. The van der Waals surface area contributed by atoms with Crippen molar-refractivity contribution in [3.05, 3.63) is 24.0 Å². The molecule has 0 saturated heterocycles. The van der Waals surface area contributed by atoms with Crippen molar-refractivity contribution in [1.29, 1.82) is 0 Å². The molecule has 1 aliphatic rings. The first-order valence-corrected chi connectivity index (χ1v) is 8.18. The van der Waals surface area contributed by atoms with E-state index in [-0.39, 0.29) is 17.6 Å². The van der Waals surface area contributed by atoms with Gasteiger partial charge < -0.3 is 10.5 Å². The van der Waals surface area contributed by atoms with Gasteiger partial charge in [-0.15, -0.1) is 0 Å². The highest BCUT2D eigenvalue weighted by atomic mass is 16.5. The van der Waals surface area contributed by atoms with Crippen LogP contribution in [0.2, 0.25) is 0 Å². The molecule has 0 aromatic carbocycles. The van der Waals surface area contributed by atoms with Crippen LogP contribution < -0.4 is 10.5 Å². The van der Waals surface area contributed by atoms with E-state index in [1.807, 2.05) is 20.0 Å². The van der Waals surface area contributed by atoms with E-state index in [0.29, 0.717) is 5.92 Å². The van der Waals surface area contributed by atoms with Gasteiger partial charge in [0.1, 0.15) is 5.75 Å². The standard InChI is InChI=1S/C18H30N2O/c1-12(2)21-15-9-14(10-20-11-15)18(4,5)16-7-6-13(3)8-17(16)19/h9-13,16-17H,6-8,19H2,1-5H3. The van der Waals surface area contributed by atoms with E-state index in [1.54, 1.807) is 6.20 Å². The van der Waals surface area contributed by atoms with Crippen LogP contribution in [0.3, 0.4) is 0 Å². The normalized spacial score (nSPS) is 26.9. The molecule has 2 rings (SSSR count). The molecule has 21 heavy (non-hydrogen) atoms. The molecule has 1 aromatic rings. The van der Waals surface area contributed by atoms with Crippen molar-refractivity contribution in [2.75, 3.05) is 0 Å². The second-order valence-corrected chi connectivity index (χ2v) is 7.49. The topological polar surface area (TPSA) is 48.1 Å². The maximum Gasteiger partial charge on any atom is 0.138 e. The molecule has 0 radical (unpaired) electrons. The van der Waals surface area contributed by atoms with Crippen molar-refractivity contribution < 1.29 is 4.74 Å². The molecular weight excluding hydrogens is 260 g/mol. The Morgan fingerprint density at radius 1 is 1.29 bits per heavy atom. The van der Waals surface area contributed by atoms with Gasteiger partial charge in [0.2, 0.25) is 0 Å². The molecule has 2 N–H and O–H groups in total. The second kappa shape index (κ2) is 6.35. The third-order valence-corrected chi connectivity index (χ3v) is 4.92. The third-order valence-electron chi connectivity index (χ3n) is 4.92. The SMILES string of the molecule is CC1CCC(C(C)(C)c2cncc(OC(C)C)c2)C(N)C1. The molecule has 3 heteroatoms. The molecule has 0 bridgehead atoms. The maximum absolute atomic E-state index is 6.46. The van der Waals surface area contributed by atoms with Gasteiger partial charge in [-0.1, -0.05) is 27.2 Å². The molecule has 3 unspecified atom stereocenters. The molecule has 1 heterocycles. The van der Waals surface area contributed by atoms with E-state index < -0.39 is 0 Å². The van der Waals surface area contributed by atoms with Gasteiger partial charge in [-0.25, -0.2) is 0 Å². The summed E-state index contributed by atoms with van der Waals surface area (Å²) in [6, 6.07) is 2.41. The monoisotopic (exact) mass is 290 g/mol. The summed E-state index contributed by atoms with van der Waals surface area (Å²) >= 11 is 0. The predicted octanol–water partition coefficient (Wildman–Crippen LogP) is 3.91. The van der Waals surface area contributed by atoms with Crippen molar-refractivity contribution in [3.63, 3.8) is 0 Å². The van der Waals surface area contributed by atoms with E-state index in [9.17, 15) is 0 Å². The number of hydrogen-bond donors (Lipinski definition) is 1. The first-order chi connectivity index (χ1) is 9.80. The van der Waals surface area contributed by atoms with Crippen molar-refractivity contribution in [3.8, 4) is 5.75 Å². The van der Waals surface area contributed by atoms with Gasteiger partial charge in [-0.3, -0.25) is 4.98 Å². The first-order valence-electron chi connectivity index (χ1n) is 8.18. The number of rotatable bonds is 4. The van der Waals surface area contributed by atoms with E-state index >= 15 is 0 Å². The largest absolute Gasteiger partial charge is 0.489 e. The van der Waals surface area contributed by atoms with Crippen LogP contribution in [0.15, 0.2) is 18.5 Å². The van der Waals surface area contributed by atoms with Crippen molar-refractivity contribution >= 4 is 0 Å². The number of hydrogen-bond acceptors (Lipinski definition) is 3. The number of ether oxygens (including phenoxy) is 1. The van der Waals surface area contributed by atoms with Crippen LogP contribution in [-0.4, -0.2) is 17.1 Å². The minimum Gasteiger partial charge on any atom is -0.489 e. The quantitative estimate of drug-likeness (QED) is 0.914. The van der Waals surface area contributed by atoms with Crippen LogP contribution in [0.4, 0.5) is 0 Å². The lowest BCUT2D eigenvalue weighted by Gasteiger charge is -2.43. The third kappa shape index (κ3) is 3.76. The summed E-state index contributed by atoms with van der Waals surface area (Å²) < 4.78 is 5.79. The van der Waals surface area contributed by atoms with Gasteiger partial charge in [0.05, 0.1) is 12.3 Å². The van der Waals surface area contributed by atoms with Crippen molar-refractivity contribution in [2.24, 2.45) is 17.6 Å². The Kier molecular flexibility index (Phi) is 4.92. The van der Waals surface area contributed by atoms with Crippen LogP contribution in [0, 0.1) is 11.8 Å². The highest BCUT2D eigenvalue weighted by molar-refractivity contribution is 5.30. The molecule has 0 amide bonds. The predicted molar refractivity (Wildman–Crippen MR) is 87.5 cm³/mol. The fraction of sp³-hybridized carbons (Fsp3) is 0.722. The van der Waals surface area contributed by atoms with Gasteiger partial charge >= 0.3 is 0 Å². The number of aromatic nitrogens is 1. The molecule has 1 aromatic heterocycles. The molecule has 1 aliphatic carbocycles. The van der Waals surface area contributed by atoms with E-state index in [4.69, 9.17) is 10.5 Å². The lowest BCUT2D eigenvalue weighted by molar-refractivity contribution is 0.170. The average Bonchev–Trinajstić information content (AvgIpc) is 2.37. The molecule has 3 atom stereocenters. The van der Waals surface area contributed by atoms with Crippen LogP contribution in [0.1, 0.15) is 59.4 Å². The van der Waals surface area contributed by atoms with Gasteiger partial charge in [0.15, 0.2) is 0 Å². The van der Waals surface area contributed by atoms with Gasteiger partial charge in [-0.05, 0) is 55.6 Å². The molecule has 1 fully saturated rings. The molecule has 0 spiro atoms. The zero-order chi connectivity index (χ0) is 15.6. The molecule has 118 valence electrons. The molecule has 1 saturated carbocycles. The summed E-state index contributed by atoms with van der Waals surface area (Å²) in [6.45, 7) is 11.0. The van der Waals surface area contributed by atoms with Crippen molar-refractivity contribution in [2.45, 2.75) is 71.4 Å². The Labute approximate surface area is 129 Å².